The fourth-order valence-corrected chi connectivity index (χ4v) is 5.17. The number of ether oxygens (including phenoxy) is 1. The molecule has 2 aliphatic rings. The van der Waals surface area contributed by atoms with Gasteiger partial charge < -0.3 is 9.84 Å². The van der Waals surface area contributed by atoms with Crippen LogP contribution in [0.25, 0.3) is 17.2 Å². The maximum Gasteiger partial charge on any atom is 0.338 e. The Balaban J connectivity index is 1.59. The minimum absolute atomic E-state index is 0.0584. The van der Waals surface area contributed by atoms with E-state index >= 15 is 0 Å². The van der Waals surface area contributed by atoms with Crippen LogP contribution in [0.4, 0.5) is 0 Å². The fraction of sp³-hybridized carbons (Fsp3) is 0.440. The van der Waals surface area contributed by atoms with Crippen LogP contribution in [0.5, 0.6) is 0 Å². The van der Waals surface area contributed by atoms with E-state index < -0.39 is 11.6 Å². The van der Waals surface area contributed by atoms with Crippen LogP contribution in [0, 0.1) is 30.6 Å². The van der Waals surface area contributed by atoms with Crippen LogP contribution in [0.2, 0.25) is 0 Å². The summed E-state index contributed by atoms with van der Waals surface area (Å²) in [5.74, 6) is -0.0422. The molecule has 0 bridgehead atoms. The van der Waals surface area contributed by atoms with Crippen LogP contribution in [0.15, 0.2) is 48.7 Å². The van der Waals surface area contributed by atoms with Gasteiger partial charge in [0.2, 0.25) is 0 Å². The van der Waals surface area contributed by atoms with Crippen molar-refractivity contribution in [2.45, 2.75) is 45.8 Å². The van der Waals surface area contributed by atoms with Gasteiger partial charge in [-0.3, -0.25) is 4.98 Å². The summed E-state index contributed by atoms with van der Waals surface area (Å²) in [6.45, 7) is 8.29. The highest BCUT2D eigenvalue weighted by molar-refractivity contribution is 5.82. The van der Waals surface area contributed by atoms with Crippen LogP contribution >= 0.6 is 0 Å². The van der Waals surface area contributed by atoms with Gasteiger partial charge in [0, 0.05) is 17.7 Å². The average molecular weight is 392 g/mol. The SMILES string of the molecule is Cc1ccccc1-c1ccc(/C=C/[C@H]2[C@H](C)[C@@H](C)C[C@@]3(O)C(=O)O[C@H](C)[C@@H]23)nc1. The summed E-state index contributed by atoms with van der Waals surface area (Å²) in [6, 6.07) is 12.4. The second kappa shape index (κ2) is 7.42. The number of carbonyl (C=O) groups is 1. The van der Waals surface area contributed by atoms with Crippen molar-refractivity contribution in [3.05, 3.63) is 59.9 Å². The zero-order valence-electron chi connectivity index (χ0n) is 17.5. The Morgan fingerprint density at radius 2 is 1.93 bits per heavy atom. The summed E-state index contributed by atoms with van der Waals surface area (Å²) in [5.41, 5.74) is 3.00. The van der Waals surface area contributed by atoms with Gasteiger partial charge in [-0.1, -0.05) is 50.3 Å². The van der Waals surface area contributed by atoms with E-state index in [2.05, 4.69) is 50.0 Å². The van der Waals surface area contributed by atoms with E-state index in [0.717, 1.165) is 11.3 Å². The minimum atomic E-state index is -1.37. The first-order valence-corrected chi connectivity index (χ1v) is 10.4. The van der Waals surface area contributed by atoms with Gasteiger partial charge in [0.1, 0.15) is 6.10 Å². The van der Waals surface area contributed by atoms with Crippen molar-refractivity contribution in [2.24, 2.45) is 23.7 Å². The molecule has 0 spiro atoms. The summed E-state index contributed by atoms with van der Waals surface area (Å²) in [7, 11) is 0. The molecular weight excluding hydrogens is 362 g/mol. The molecule has 0 unspecified atom stereocenters. The Morgan fingerprint density at radius 3 is 2.62 bits per heavy atom. The highest BCUT2D eigenvalue weighted by Gasteiger charge is 2.61. The predicted molar refractivity (Wildman–Crippen MR) is 114 cm³/mol. The quantitative estimate of drug-likeness (QED) is 0.774. The first-order chi connectivity index (χ1) is 13.8. The van der Waals surface area contributed by atoms with Gasteiger partial charge in [0.25, 0.3) is 0 Å². The first-order valence-electron chi connectivity index (χ1n) is 10.4. The number of aryl methyl sites for hydroxylation is 1. The van der Waals surface area contributed by atoms with Crippen LogP contribution < -0.4 is 0 Å². The number of aliphatic hydroxyl groups is 1. The van der Waals surface area contributed by atoms with Crippen molar-refractivity contribution in [3.63, 3.8) is 0 Å². The van der Waals surface area contributed by atoms with E-state index in [0.29, 0.717) is 12.3 Å². The Kier molecular flexibility index (Phi) is 5.07. The highest BCUT2D eigenvalue weighted by Crippen LogP contribution is 2.51. The molecule has 4 heteroatoms. The van der Waals surface area contributed by atoms with Crippen LogP contribution in [0.3, 0.4) is 0 Å². The van der Waals surface area contributed by atoms with Crippen molar-refractivity contribution < 1.29 is 14.6 Å². The maximum atomic E-state index is 12.3. The van der Waals surface area contributed by atoms with E-state index in [4.69, 9.17) is 4.74 Å². The number of fused-ring (bicyclic) bond motifs is 1. The number of pyridine rings is 1. The van der Waals surface area contributed by atoms with Crippen molar-refractivity contribution >= 4 is 12.0 Å². The van der Waals surface area contributed by atoms with Crippen molar-refractivity contribution in [1.29, 1.82) is 0 Å². The number of aromatic nitrogens is 1. The van der Waals surface area contributed by atoms with Gasteiger partial charge in [-0.05, 0) is 61.3 Å². The Morgan fingerprint density at radius 1 is 1.17 bits per heavy atom. The number of esters is 1. The second-order valence-electron chi connectivity index (χ2n) is 8.82. The second-order valence-corrected chi connectivity index (χ2v) is 8.82. The molecule has 1 saturated heterocycles. The van der Waals surface area contributed by atoms with Gasteiger partial charge in [-0.15, -0.1) is 0 Å². The third kappa shape index (κ3) is 3.40. The van der Waals surface area contributed by atoms with Crippen molar-refractivity contribution in [3.8, 4) is 11.1 Å². The van der Waals surface area contributed by atoms with E-state index in [1.807, 2.05) is 37.4 Å². The summed E-state index contributed by atoms with van der Waals surface area (Å²) in [6.07, 6.45) is 6.21. The molecule has 1 saturated carbocycles. The lowest BCUT2D eigenvalue weighted by molar-refractivity contribution is -0.160. The highest BCUT2D eigenvalue weighted by atomic mass is 16.6. The Labute approximate surface area is 172 Å². The molecule has 4 rings (SSSR count). The van der Waals surface area contributed by atoms with E-state index in [1.165, 1.54) is 11.1 Å². The molecule has 0 amide bonds. The summed E-state index contributed by atoms with van der Waals surface area (Å²) in [5, 5.41) is 11.1. The number of allylic oxidation sites excluding steroid dienone is 1. The number of hydrogen-bond acceptors (Lipinski definition) is 4. The number of benzene rings is 1. The molecule has 29 heavy (non-hydrogen) atoms. The number of carbonyl (C=O) groups excluding carboxylic acids is 1. The molecular formula is C25H29NO3. The molecule has 0 radical (unpaired) electrons. The van der Waals surface area contributed by atoms with E-state index in [1.54, 1.807) is 0 Å². The molecule has 1 aliphatic carbocycles. The molecule has 4 nitrogen and oxygen atoms in total. The van der Waals surface area contributed by atoms with Crippen LogP contribution in [-0.4, -0.2) is 27.8 Å². The summed E-state index contributed by atoms with van der Waals surface area (Å²) in [4.78, 5) is 16.9. The van der Waals surface area contributed by atoms with Gasteiger partial charge >= 0.3 is 5.97 Å². The van der Waals surface area contributed by atoms with Gasteiger partial charge in [-0.25, -0.2) is 4.79 Å². The first kappa shape index (κ1) is 19.8. The minimum Gasteiger partial charge on any atom is -0.460 e. The number of rotatable bonds is 3. The third-order valence-corrected chi connectivity index (χ3v) is 6.99. The van der Waals surface area contributed by atoms with Crippen LogP contribution in [-0.2, 0) is 9.53 Å². The summed E-state index contributed by atoms with van der Waals surface area (Å²) < 4.78 is 5.43. The number of cyclic esters (lactones) is 1. The van der Waals surface area contributed by atoms with Gasteiger partial charge in [0.05, 0.1) is 5.69 Å². The predicted octanol–water partition coefficient (Wildman–Crippen LogP) is 4.65. The maximum absolute atomic E-state index is 12.3. The normalized spacial score (nSPS) is 34.2. The molecule has 6 atom stereocenters. The summed E-state index contributed by atoms with van der Waals surface area (Å²) >= 11 is 0. The lowest BCUT2D eigenvalue weighted by Crippen LogP contribution is -2.52. The molecule has 1 N–H and O–H groups in total. The number of hydrogen-bond donors (Lipinski definition) is 1. The van der Waals surface area contributed by atoms with E-state index in [-0.39, 0.29) is 23.9 Å². The monoisotopic (exact) mass is 391 g/mol. The Hall–Kier alpha value is -2.46. The molecule has 2 aromatic rings. The molecule has 1 aromatic heterocycles. The zero-order valence-corrected chi connectivity index (χ0v) is 17.5. The van der Waals surface area contributed by atoms with Crippen molar-refractivity contribution in [1.82, 2.24) is 4.98 Å². The molecule has 1 aromatic carbocycles. The lowest BCUT2D eigenvalue weighted by Gasteiger charge is -2.44. The smallest absolute Gasteiger partial charge is 0.338 e. The number of nitrogens with zero attached hydrogens (tertiary/aromatic N) is 1. The average Bonchev–Trinajstić information content (AvgIpc) is 2.92. The molecule has 2 fully saturated rings. The van der Waals surface area contributed by atoms with Gasteiger partial charge in [0.15, 0.2) is 5.60 Å². The molecule has 152 valence electrons. The standard InChI is InChI=1S/C25H29NO3/c1-15-7-5-6-8-21(15)19-9-10-20(26-14-19)11-12-22-17(3)16(2)13-25(28)23(22)18(4)29-24(25)27/h5-12,14,16-18,22-23,28H,13H2,1-4H3/b12-11+/t16-,17+,18+,22-,23-,25-/m0/s1. The van der Waals surface area contributed by atoms with E-state index in [9.17, 15) is 9.90 Å². The zero-order chi connectivity index (χ0) is 20.8. The molecule has 2 heterocycles. The van der Waals surface area contributed by atoms with Crippen LogP contribution in [0.1, 0.15) is 38.4 Å². The largest absolute Gasteiger partial charge is 0.460 e. The van der Waals surface area contributed by atoms with Gasteiger partial charge in [-0.2, -0.15) is 0 Å². The fourth-order valence-electron chi connectivity index (χ4n) is 5.17. The van der Waals surface area contributed by atoms with Crippen molar-refractivity contribution in [2.75, 3.05) is 0 Å². The topological polar surface area (TPSA) is 59.4 Å². The third-order valence-electron chi connectivity index (χ3n) is 6.99. The molecule has 1 aliphatic heterocycles. The Bertz CT molecular complexity index is 935. The lowest BCUT2D eigenvalue weighted by atomic mass is 9.60.